The van der Waals surface area contributed by atoms with Crippen molar-refractivity contribution in [3.05, 3.63) is 72.5 Å². The SMILES string of the molecule is O=C(Nc1cnc(-c2noc(C(F)(F)F)n2)nc1)OCc1ccc(-c2ccccc2)nc1. The van der Waals surface area contributed by atoms with Crippen molar-refractivity contribution in [2.24, 2.45) is 0 Å². The lowest BCUT2D eigenvalue weighted by atomic mass is 10.1. The van der Waals surface area contributed by atoms with Crippen LogP contribution in [0.2, 0.25) is 0 Å². The first-order chi connectivity index (χ1) is 15.4. The largest absolute Gasteiger partial charge is 0.471 e. The lowest BCUT2D eigenvalue weighted by Crippen LogP contribution is -2.14. The van der Waals surface area contributed by atoms with Gasteiger partial charge in [-0.25, -0.2) is 14.8 Å². The molecule has 1 amide bonds. The van der Waals surface area contributed by atoms with Gasteiger partial charge >= 0.3 is 18.2 Å². The van der Waals surface area contributed by atoms with E-state index in [1.807, 2.05) is 36.4 Å². The van der Waals surface area contributed by atoms with Crippen molar-refractivity contribution < 1.29 is 27.2 Å². The smallest absolute Gasteiger partial charge is 0.444 e. The van der Waals surface area contributed by atoms with Gasteiger partial charge < -0.3 is 9.26 Å². The Balaban J connectivity index is 1.31. The number of ether oxygens (including phenoxy) is 1. The molecule has 0 aliphatic carbocycles. The van der Waals surface area contributed by atoms with E-state index in [4.69, 9.17) is 4.74 Å². The van der Waals surface area contributed by atoms with E-state index in [1.165, 1.54) is 12.4 Å². The third kappa shape index (κ3) is 5.03. The normalized spacial score (nSPS) is 11.2. The van der Waals surface area contributed by atoms with Crippen LogP contribution < -0.4 is 5.32 Å². The molecule has 12 heteroatoms. The molecule has 0 saturated carbocycles. The molecule has 4 rings (SSSR count). The second-order valence-electron chi connectivity index (χ2n) is 6.34. The number of benzene rings is 1. The van der Waals surface area contributed by atoms with Crippen molar-refractivity contribution in [2.45, 2.75) is 12.8 Å². The Morgan fingerprint density at radius 3 is 2.34 bits per heavy atom. The van der Waals surface area contributed by atoms with Crippen LogP contribution >= 0.6 is 0 Å². The number of carbonyl (C=O) groups excluding carboxylic acids is 1. The summed E-state index contributed by atoms with van der Waals surface area (Å²) in [4.78, 5) is 27.1. The first-order valence-electron chi connectivity index (χ1n) is 9.06. The highest BCUT2D eigenvalue weighted by atomic mass is 19.4. The molecule has 3 heterocycles. The van der Waals surface area contributed by atoms with Crippen molar-refractivity contribution in [2.75, 3.05) is 5.32 Å². The fraction of sp³-hybridized carbons (Fsp3) is 0.100. The number of rotatable bonds is 5. The summed E-state index contributed by atoms with van der Waals surface area (Å²) < 4.78 is 46.8. The summed E-state index contributed by atoms with van der Waals surface area (Å²) in [5.74, 6) is -2.14. The van der Waals surface area contributed by atoms with Gasteiger partial charge in [0.25, 0.3) is 0 Å². The fourth-order valence-electron chi connectivity index (χ4n) is 2.53. The third-order valence-corrected chi connectivity index (χ3v) is 4.03. The van der Waals surface area contributed by atoms with Gasteiger partial charge in [0.15, 0.2) is 0 Å². The van der Waals surface area contributed by atoms with Gasteiger partial charge in [-0.3, -0.25) is 10.3 Å². The van der Waals surface area contributed by atoms with Gasteiger partial charge in [-0.05, 0) is 6.07 Å². The van der Waals surface area contributed by atoms with E-state index < -0.39 is 24.0 Å². The summed E-state index contributed by atoms with van der Waals surface area (Å²) in [6, 6.07) is 13.2. The Hall–Kier alpha value is -4.35. The summed E-state index contributed by atoms with van der Waals surface area (Å²) in [6.45, 7) is -0.0179. The Morgan fingerprint density at radius 2 is 1.72 bits per heavy atom. The van der Waals surface area contributed by atoms with Crippen LogP contribution in [0.1, 0.15) is 11.5 Å². The van der Waals surface area contributed by atoms with Crippen LogP contribution in [0.3, 0.4) is 0 Å². The van der Waals surface area contributed by atoms with E-state index in [2.05, 4.69) is 34.9 Å². The number of nitrogens with zero attached hydrogens (tertiary/aromatic N) is 5. The molecule has 0 unspecified atom stereocenters. The average Bonchev–Trinajstić information content (AvgIpc) is 3.30. The van der Waals surface area contributed by atoms with E-state index in [-0.39, 0.29) is 18.1 Å². The standard InChI is InChI=1S/C20H13F3N6O3/c21-20(22,23)18-28-17(29-32-18)16-25-9-14(10-26-16)27-19(30)31-11-12-6-7-15(24-8-12)13-4-2-1-3-5-13/h1-10H,11H2,(H,27,30). The quantitative estimate of drug-likeness (QED) is 0.485. The van der Waals surface area contributed by atoms with E-state index in [0.717, 1.165) is 11.3 Å². The summed E-state index contributed by atoms with van der Waals surface area (Å²) >= 11 is 0. The fourth-order valence-corrected chi connectivity index (χ4v) is 2.53. The van der Waals surface area contributed by atoms with E-state index >= 15 is 0 Å². The summed E-state index contributed by atoms with van der Waals surface area (Å²) in [7, 11) is 0. The highest BCUT2D eigenvalue weighted by molar-refractivity contribution is 5.84. The number of amides is 1. The lowest BCUT2D eigenvalue weighted by molar-refractivity contribution is -0.159. The maximum absolute atomic E-state index is 12.5. The predicted molar refractivity (Wildman–Crippen MR) is 104 cm³/mol. The van der Waals surface area contributed by atoms with Gasteiger partial charge in [0.1, 0.15) is 6.61 Å². The van der Waals surface area contributed by atoms with Crippen LogP contribution in [0.5, 0.6) is 0 Å². The van der Waals surface area contributed by atoms with Gasteiger partial charge in [-0.1, -0.05) is 41.6 Å². The minimum Gasteiger partial charge on any atom is -0.444 e. The molecule has 0 aliphatic heterocycles. The van der Waals surface area contributed by atoms with E-state index in [1.54, 1.807) is 12.3 Å². The third-order valence-electron chi connectivity index (χ3n) is 4.03. The van der Waals surface area contributed by atoms with Gasteiger partial charge in [0, 0.05) is 17.3 Å². The highest BCUT2D eigenvalue weighted by Gasteiger charge is 2.38. The molecule has 9 nitrogen and oxygen atoms in total. The molecule has 0 spiro atoms. The van der Waals surface area contributed by atoms with E-state index in [0.29, 0.717) is 5.56 Å². The van der Waals surface area contributed by atoms with Crippen LogP contribution in [0.4, 0.5) is 23.7 Å². The molecule has 0 radical (unpaired) electrons. The maximum Gasteiger partial charge on any atom is 0.471 e. The zero-order valence-electron chi connectivity index (χ0n) is 16.1. The van der Waals surface area contributed by atoms with Gasteiger partial charge in [0.2, 0.25) is 11.6 Å². The van der Waals surface area contributed by atoms with Crippen LogP contribution in [-0.4, -0.2) is 31.2 Å². The van der Waals surface area contributed by atoms with Crippen LogP contribution in [0.25, 0.3) is 22.9 Å². The number of halogens is 3. The van der Waals surface area contributed by atoms with Crippen LogP contribution in [0.15, 0.2) is 65.6 Å². The van der Waals surface area contributed by atoms with Crippen molar-refractivity contribution in [3.8, 4) is 22.9 Å². The number of alkyl halides is 3. The molecule has 0 saturated heterocycles. The molecule has 162 valence electrons. The molecule has 0 fully saturated rings. The molecule has 0 bridgehead atoms. The van der Waals surface area contributed by atoms with E-state index in [9.17, 15) is 18.0 Å². The minimum atomic E-state index is -4.77. The van der Waals surface area contributed by atoms with Crippen molar-refractivity contribution in [3.63, 3.8) is 0 Å². The zero-order valence-corrected chi connectivity index (χ0v) is 16.1. The number of anilines is 1. The molecule has 1 N–H and O–H groups in total. The highest BCUT2D eigenvalue weighted by Crippen LogP contribution is 2.28. The molecule has 32 heavy (non-hydrogen) atoms. The summed E-state index contributed by atoms with van der Waals surface area (Å²) in [5.41, 5.74) is 2.61. The van der Waals surface area contributed by atoms with Crippen molar-refractivity contribution >= 4 is 11.8 Å². The van der Waals surface area contributed by atoms with Gasteiger partial charge in [-0.15, -0.1) is 0 Å². The average molecular weight is 442 g/mol. The molecular formula is C20H13F3N6O3. The second kappa shape index (κ2) is 8.79. The number of nitrogens with one attached hydrogen (secondary N) is 1. The number of carbonyl (C=O) groups is 1. The zero-order chi connectivity index (χ0) is 22.6. The predicted octanol–water partition coefficient (Wildman–Crippen LogP) is 4.36. The first kappa shape index (κ1) is 20.9. The molecule has 0 atom stereocenters. The number of aromatic nitrogens is 5. The number of pyridine rings is 1. The topological polar surface area (TPSA) is 116 Å². The Labute approximate surface area is 178 Å². The van der Waals surface area contributed by atoms with Gasteiger partial charge in [-0.2, -0.15) is 18.2 Å². The molecule has 1 aromatic carbocycles. The monoisotopic (exact) mass is 442 g/mol. The summed E-state index contributed by atoms with van der Waals surface area (Å²) in [6.07, 6.45) is -1.60. The second-order valence-corrected chi connectivity index (χ2v) is 6.34. The lowest BCUT2D eigenvalue weighted by Gasteiger charge is -2.07. The molecule has 3 aromatic heterocycles. The van der Waals surface area contributed by atoms with Crippen LogP contribution in [0, 0.1) is 0 Å². The van der Waals surface area contributed by atoms with Gasteiger partial charge in [0.05, 0.1) is 23.8 Å². The number of hydrogen-bond acceptors (Lipinski definition) is 8. The Morgan fingerprint density at radius 1 is 0.969 bits per heavy atom. The molecule has 4 aromatic rings. The first-order valence-corrected chi connectivity index (χ1v) is 9.06. The molecular weight excluding hydrogens is 429 g/mol. The van der Waals surface area contributed by atoms with Crippen molar-refractivity contribution in [1.82, 2.24) is 25.1 Å². The Kier molecular flexibility index (Phi) is 5.75. The molecule has 0 aliphatic rings. The maximum atomic E-state index is 12.5. The Bertz CT molecular complexity index is 1200. The van der Waals surface area contributed by atoms with Crippen molar-refractivity contribution in [1.29, 1.82) is 0 Å². The number of hydrogen-bond donors (Lipinski definition) is 1. The van der Waals surface area contributed by atoms with Crippen LogP contribution in [-0.2, 0) is 17.5 Å². The minimum absolute atomic E-state index is 0.0179. The summed E-state index contributed by atoms with van der Waals surface area (Å²) in [5, 5.41) is 5.59.